The largest absolute Gasteiger partial charge is 0.398 e. The molecule has 108 valence electrons. The Hall–Kier alpha value is -0.670. The Morgan fingerprint density at radius 1 is 1.53 bits per heavy atom. The topological polar surface area (TPSA) is 102 Å². The van der Waals surface area contributed by atoms with Gasteiger partial charge >= 0.3 is 0 Å². The monoisotopic (exact) mass is 352 g/mol. The lowest BCUT2D eigenvalue weighted by Gasteiger charge is -2.12. The summed E-state index contributed by atoms with van der Waals surface area (Å²) in [4.78, 5) is 0.0168. The molecule has 1 rings (SSSR count). The van der Waals surface area contributed by atoms with Crippen LogP contribution in [0.15, 0.2) is 27.6 Å². The molecule has 0 aromatic heterocycles. The molecule has 1 atom stereocenters. The van der Waals surface area contributed by atoms with E-state index < -0.39 is 16.1 Å². The molecule has 4 N–H and O–H groups in total. The summed E-state index contributed by atoms with van der Waals surface area (Å²) in [6.07, 6.45) is -0.436. The number of aliphatic hydroxyl groups excluding tert-OH is 1. The molecule has 8 heteroatoms. The molecule has 1 unspecified atom stereocenters. The number of anilines is 1. The highest BCUT2D eigenvalue weighted by molar-refractivity contribution is 9.10. The Morgan fingerprint density at radius 2 is 2.21 bits per heavy atom. The van der Waals surface area contributed by atoms with Gasteiger partial charge in [-0.3, -0.25) is 0 Å². The van der Waals surface area contributed by atoms with E-state index in [1.807, 2.05) is 0 Å². The molecular weight excluding hydrogens is 336 g/mol. The Morgan fingerprint density at radius 3 is 2.84 bits per heavy atom. The number of methoxy groups -OCH3 is 1. The predicted octanol–water partition coefficient (Wildman–Crippen LogP) is 0.707. The van der Waals surface area contributed by atoms with Crippen LogP contribution < -0.4 is 10.5 Å². The predicted molar refractivity (Wildman–Crippen MR) is 76.2 cm³/mol. The van der Waals surface area contributed by atoms with Crippen LogP contribution in [0.3, 0.4) is 0 Å². The number of ether oxygens (including phenoxy) is 1. The molecule has 0 aliphatic heterocycles. The summed E-state index contributed by atoms with van der Waals surface area (Å²) in [5.74, 6) is 0. The van der Waals surface area contributed by atoms with Crippen molar-refractivity contribution in [3.63, 3.8) is 0 Å². The molecule has 0 amide bonds. The van der Waals surface area contributed by atoms with Crippen LogP contribution in [0.2, 0.25) is 0 Å². The number of hydrogen-bond acceptors (Lipinski definition) is 5. The minimum Gasteiger partial charge on any atom is -0.398 e. The summed E-state index contributed by atoms with van der Waals surface area (Å²) in [5.41, 5.74) is 5.82. The van der Waals surface area contributed by atoms with Crippen LogP contribution in [-0.2, 0) is 14.8 Å². The Kier molecular flexibility index (Phi) is 6.21. The van der Waals surface area contributed by atoms with Crippen LogP contribution in [0.25, 0.3) is 0 Å². The first-order valence-electron chi connectivity index (χ1n) is 5.58. The number of aliphatic hydroxyl groups is 1. The SMILES string of the molecule is COCC(O)CCNS(=O)(=O)c1cc(Br)ccc1N. The summed E-state index contributed by atoms with van der Waals surface area (Å²) in [6.45, 7) is 0.277. The second-order valence-electron chi connectivity index (χ2n) is 3.98. The first kappa shape index (κ1) is 16.4. The smallest absolute Gasteiger partial charge is 0.242 e. The molecule has 1 aromatic rings. The number of nitrogens with one attached hydrogen (secondary N) is 1. The lowest BCUT2D eigenvalue weighted by molar-refractivity contribution is 0.0603. The van der Waals surface area contributed by atoms with Gasteiger partial charge in [0.1, 0.15) is 4.90 Å². The molecule has 0 heterocycles. The molecule has 0 bridgehead atoms. The number of sulfonamides is 1. The summed E-state index contributed by atoms with van der Waals surface area (Å²) in [7, 11) is -2.21. The van der Waals surface area contributed by atoms with Crippen LogP contribution in [0.5, 0.6) is 0 Å². The summed E-state index contributed by atoms with van der Waals surface area (Å²) < 4.78 is 31.8. The van der Waals surface area contributed by atoms with E-state index in [0.29, 0.717) is 4.47 Å². The van der Waals surface area contributed by atoms with Crippen LogP contribution in [-0.4, -0.2) is 39.9 Å². The molecule has 0 aliphatic rings. The van der Waals surface area contributed by atoms with Crippen LogP contribution in [0.4, 0.5) is 5.69 Å². The van der Waals surface area contributed by atoms with E-state index in [9.17, 15) is 13.5 Å². The van der Waals surface area contributed by atoms with Gasteiger partial charge in [0.25, 0.3) is 0 Å². The lowest BCUT2D eigenvalue weighted by Crippen LogP contribution is -2.29. The third-order valence-corrected chi connectivity index (χ3v) is 4.40. The van der Waals surface area contributed by atoms with Crippen molar-refractivity contribution in [1.29, 1.82) is 0 Å². The van der Waals surface area contributed by atoms with Crippen molar-refractivity contribution in [2.45, 2.75) is 17.4 Å². The molecule has 1 aromatic carbocycles. The molecule has 0 spiro atoms. The van der Waals surface area contributed by atoms with Crippen molar-refractivity contribution in [3.05, 3.63) is 22.7 Å². The van der Waals surface area contributed by atoms with E-state index >= 15 is 0 Å². The fraction of sp³-hybridized carbons (Fsp3) is 0.455. The second-order valence-corrected chi connectivity index (χ2v) is 6.63. The number of nitrogens with two attached hydrogens (primary N) is 1. The minimum atomic E-state index is -3.68. The Balaban J connectivity index is 2.68. The van der Waals surface area contributed by atoms with Gasteiger partial charge in [-0.2, -0.15) is 0 Å². The van der Waals surface area contributed by atoms with Gasteiger partial charge in [-0.1, -0.05) is 15.9 Å². The lowest BCUT2D eigenvalue weighted by atomic mass is 10.3. The van der Waals surface area contributed by atoms with Crippen molar-refractivity contribution in [2.24, 2.45) is 0 Å². The summed E-state index contributed by atoms with van der Waals surface area (Å²) in [5, 5.41) is 9.42. The van der Waals surface area contributed by atoms with E-state index in [4.69, 9.17) is 10.5 Å². The standard InChI is InChI=1S/C11H17BrN2O4S/c1-18-7-9(15)4-5-14-19(16,17)11-6-8(12)2-3-10(11)13/h2-3,6,9,14-15H,4-5,7,13H2,1H3. The van der Waals surface area contributed by atoms with Crippen molar-refractivity contribution in [1.82, 2.24) is 4.72 Å². The Bertz CT molecular complexity index is 521. The maximum absolute atomic E-state index is 12.0. The second kappa shape index (κ2) is 7.20. The summed E-state index contributed by atoms with van der Waals surface area (Å²) in [6, 6.07) is 4.61. The zero-order valence-corrected chi connectivity index (χ0v) is 12.9. The van der Waals surface area contributed by atoms with Gasteiger partial charge in [-0.25, -0.2) is 13.1 Å². The first-order chi connectivity index (χ1) is 8.86. The molecule has 0 saturated heterocycles. The molecular formula is C11H17BrN2O4S. The van der Waals surface area contributed by atoms with Crippen LogP contribution >= 0.6 is 15.9 Å². The molecule has 0 fully saturated rings. The van der Waals surface area contributed by atoms with Crippen LogP contribution in [0, 0.1) is 0 Å². The number of hydrogen-bond donors (Lipinski definition) is 3. The van der Waals surface area contributed by atoms with E-state index in [1.165, 1.54) is 19.2 Å². The maximum atomic E-state index is 12.0. The third kappa shape index (κ3) is 5.07. The van der Waals surface area contributed by atoms with E-state index in [2.05, 4.69) is 20.7 Å². The van der Waals surface area contributed by atoms with Gasteiger partial charge in [0.15, 0.2) is 0 Å². The fourth-order valence-corrected chi connectivity index (χ4v) is 3.17. The Labute approximate surface area is 121 Å². The van der Waals surface area contributed by atoms with Gasteiger partial charge in [-0.05, 0) is 24.6 Å². The average Bonchev–Trinajstić information content (AvgIpc) is 2.32. The van der Waals surface area contributed by atoms with Gasteiger partial charge < -0.3 is 15.6 Å². The van der Waals surface area contributed by atoms with Crippen molar-refractivity contribution in [3.8, 4) is 0 Å². The molecule has 19 heavy (non-hydrogen) atoms. The van der Waals surface area contributed by atoms with Crippen molar-refractivity contribution >= 4 is 31.6 Å². The molecule has 0 saturated carbocycles. The zero-order valence-electron chi connectivity index (χ0n) is 10.5. The van der Waals surface area contributed by atoms with Gasteiger partial charge in [0, 0.05) is 18.1 Å². The first-order valence-corrected chi connectivity index (χ1v) is 7.86. The van der Waals surface area contributed by atoms with Gasteiger partial charge in [0.05, 0.1) is 18.4 Å². The summed E-state index contributed by atoms with van der Waals surface area (Å²) >= 11 is 3.20. The number of halogens is 1. The quantitative estimate of drug-likeness (QED) is 0.627. The van der Waals surface area contributed by atoms with E-state index in [-0.39, 0.29) is 30.2 Å². The zero-order chi connectivity index (χ0) is 14.5. The van der Waals surface area contributed by atoms with E-state index in [0.717, 1.165) is 0 Å². The normalized spacial score (nSPS) is 13.4. The molecule has 6 nitrogen and oxygen atoms in total. The molecule has 0 aliphatic carbocycles. The maximum Gasteiger partial charge on any atom is 0.242 e. The average molecular weight is 353 g/mol. The number of nitrogen functional groups attached to an aromatic ring is 1. The van der Waals surface area contributed by atoms with Gasteiger partial charge in [0.2, 0.25) is 10.0 Å². The fourth-order valence-electron chi connectivity index (χ4n) is 1.45. The minimum absolute atomic E-state index is 0.0168. The highest BCUT2D eigenvalue weighted by Gasteiger charge is 2.17. The number of benzene rings is 1. The molecule has 0 radical (unpaired) electrons. The number of rotatable bonds is 7. The van der Waals surface area contributed by atoms with E-state index in [1.54, 1.807) is 6.07 Å². The van der Waals surface area contributed by atoms with Crippen molar-refractivity contribution < 1.29 is 18.3 Å². The van der Waals surface area contributed by atoms with Gasteiger partial charge in [-0.15, -0.1) is 0 Å². The highest BCUT2D eigenvalue weighted by Crippen LogP contribution is 2.22. The third-order valence-electron chi connectivity index (χ3n) is 2.39. The van der Waals surface area contributed by atoms with Crippen molar-refractivity contribution in [2.75, 3.05) is 26.0 Å². The van der Waals surface area contributed by atoms with Crippen LogP contribution in [0.1, 0.15) is 6.42 Å². The highest BCUT2D eigenvalue weighted by atomic mass is 79.9.